The highest BCUT2D eigenvalue weighted by atomic mass is 32.2. The molecule has 1 heterocycles. The number of rotatable bonds is 15. The monoisotopic (exact) mass is 498 g/mol. The van der Waals surface area contributed by atoms with Crippen LogP contribution in [0, 0.1) is 0 Å². The third-order valence-electron chi connectivity index (χ3n) is 5.08. The Labute approximate surface area is 201 Å². The lowest BCUT2D eigenvalue weighted by atomic mass is 10.1. The van der Waals surface area contributed by atoms with Crippen molar-refractivity contribution in [1.29, 1.82) is 0 Å². The Morgan fingerprint density at radius 1 is 1.09 bits per heavy atom. The number of nitrogens with zero attached hydrogens (tertiary/aromatic N) is 2. The minimum absolute atomic E-state index is 0.192. The van der Waals surface area contributed by atoms with Crippen molar-refractivity contribution in [3.05, 3.63) is 46.2 Å². The number of ether oxygens (including phenoxy) is 3. The van der Waals surface area contributed by atoms with Crippen molar-refractivity contribution in [2.45, 2.75) is 26.3 Å². The first-order valence-electron chi connectivity index (χ1n) is 10.8. The van der Waals surface area contributed by atoms with Crippen LogP contribution >= 0.6 is 11.3 Å². The minimum Gasteiger partial charge on any atom is -0.493 e. The largest absolute Gasteiger partial charge is 0.493 e. The molecule has 0 N–H and O–H groups in total. The highest BCUT2D eigenvalue weighted by molar-refractivity contribution is 7.88. The second-order valence-corrected chi connectivity index (χ2v) is 10.5. The Kier molecular flexibility index (Phi) is 11.1. The van der Waals surface area contributed by atoms with Gasteiger partial charge in [-0.2, -0.15) is 4.31 Å². The van der Waals surface area contributed by atoms with E-state index in [9.17, 15) is 13.2 Å². The first-order valence-corrected chi connectivity index (χ1v) is 13.5. The standard InChI is InChI=1S/C23H34N2O6S2/c1-5-31-14-7-12-25(33(4,27)28)18-23(26)24(17-20-8-6-15-32-20)13-11-19-9-10-21(29-2)22(16-19)30-3/h6,8-10,15-16H,5,7,11-14,17-18H2,1-4H3. The molecule has 2 aromatic rings. The van der Waals surface area contributed by atoms with Crippen LogP contribution in [0.25, 0.3) is 0 Å². The van der Waals surface area contributed by atoms with Crippen molar-refractivity contribution in [2.24, 2.45) is 0 Å². The van der Waals surface area contributed by atoms with E-state index in [0.29, 0.717) is 50.6 Å². The molecule has 0 aliphatic rings. The fourth-order valence-corrected chi connectivity index (χ4v) is 4.81. The topological polar surface area (TPSA) is 85.4 Å². The molecule has 0 unspecified atom stereocenters. The van der Waals surface area contributed by atoms with Crippen LogP contribution in [-0.2, 0) is 32.5 Å². The molecular weight excluding hydrogens is 464 g/mol. The number of hydrogen-bond donors (Lipinski definition) is 0. The number of carbonyl (C=O) groups excluding carboxylic acids is 1. The van der Waals surface area contributed by atoms with Gasteiger partial charge in [0.2, 0.25) is 15.9 Å². The second-order valence-electron chi connectivity index (χ2n) is 7.48. The third kappa shape index (κ3) is 8.96. The maximum absolute atomic E-state index is 13.2. The Bertz CT molecular complexity index is 963. The highest BCUT2D eigenvalue weighted by Crippen LogP contribution is 2.28. The highest BCUT2D eigenvalue weighted by Gasteiger charge is 2.24. The van der Waals surface area contributed by atoms with Crippen LogP contribution in [0.4, 0.5) is 0 Å². The first-order chi connectivity index (χ1) is 15.8. The van der Waals surface area contributed by atoms with Crippen molar-refractivity contribution >= 4 is 27.3 Å². The normalized spacial score (nSPS) is 11.5. The molecule has 10 heteroatoms. The number of amides is 1. The maximum Gasteiger partial charge on any atom is 0.238 e. The van der Waals surface area contributed by atoms with E-state index in [4.69, 9.17) is 14.2 Å². The van der Waals surface area contributed by atoms with Gasteiger partial charge in [0, 0.05) is 31.2 Å². The molecule has 0 atom stereocenters. The van der Waals surface area contributed by atoms with Gasteiger partial charge in [-0.25, -0.2) is 8.42 Å². The lowest BCUT2D eigenvalue weighted by Crippen LogP contribution is -2.43. The van der Waals surface area contributed by atoms with E-state index < -0.39 is 10.0 Å². The Morgan fingerprint density at radius 3 is 2.45 bits per heavy atom. The van der Waals surface area contributed by atoms with Crippen LogP contribution in [0.1, 0.15) is 23.8 Å². The molecule has 1 amide bonds. The molecule has 0 aliphatic heterocycles. The molecule has 33 heavy (non-hydrogen) atoms. The van der Waals surface area contributed by atoms with Crippen molar-refractivity contribution in [3.63, 3.8) is 0 Å². The van der Waals surface area contributed by atoms with Gasteiger partial charge >= 0.3 is 0 Å². The smallest absolute Gasteiger partial charge is 0.238 e. The van der Waals surface area contributed by atoms with E-state index in [1.807, 2.05) is 42.6 Å². The van der Waals surface area contributed by atoms with Crippen LogP contribution < -0.4 is 9.47 Å². The summed E-state index contributed by atoms with van der Waals surface area (Å²) in [5.41, 5.74) is 0.994. The molecule has 8 nitrogen and oxygen atoms in total. The summed E-state index contributed by atoms with van der Waals surface area (Å²) in [5.74, 6) is 1.04. The number of benzene rings is 1. The predicted molar refractivity (Wildman–Crippen MR) is 131 cm³/mol. The summed E-state index contributed by atoms with van der Waals surface area (Å²) >= 11 is 1.57. The molecular formula is C23H34N2O6S2. The average Bonchev–Trinajstić information content (AvgIpc) is 3.30. The zero-order valence-electron chi connectivity index (χ0n) is 19.8. The van der Waals surface area contributed by atoms with Crippen molar-refractivity contribution < 1.29 is 27.4 Å². The van der Waals surface area contributed by atoms with E-state index in [-0.39, 0.29) is 19.0 Å². The molecule has 1 aromatic heterocycles. The van der Waals surface area contributed by atoms with Crippen LogP contribution in [-0.4, -0.2) is 76.9 Å². The Balaban J connectivity index is 2.12. The van der Waals surface area contributed by atoms with Gasteiger partial charge in [0.05, 0.1) is 33.6 Å². The number of hydrogen-bond acceptors (Lipinski definition) is 7. The average molecular weight is 499 g/mol. The van der Waals surface area contributed by atoms with E-state index in [1.54, 1.807) is 30.5 Å². The lowest BCUT2D eigenvalue weighted by molar-refractivity contribution is -0.132. The zero-order chi connectivity index (χ0) is 24.3. The molecule has 1 aromatic carbocycles. The van der Waals surface area contributed by atoms with Crippen molar-refractivity contribution in [3.8, 4) is 11.5 Å². The van der Waals surface area contributed by atoms with E-state index in [2.05, 4.69) is 0 Å². The zero-order valence-corrected chi connectivity index (χ0v) is 21.4. The van der Waals surface area contributed by atoms with Gasteiger partial charge < -0.3 is 19.1 Å². The summed E-state index contributed by atoms with van der Waals surface area (Å²) in [5, 5.41) is 1.96. The first kappa shape index (κ1) is 27.1. The third-order valence-corrected chi connectivity index (χ3v) is 7.19. The van der Waals surface area contributed by atoms with Crippen LogP contribution in [0.3, 0.4) is 0 Å². The summed E-state index contributed by atoms with van der Waals surface area (Å²) in [6.07, 6.45) is 2.26. The fourth-order valence-electron chi connectivity index (χ4n) is 3.28. The molecule has 0 bridgehead atoms. The van der Waals surface area contributed by atoms with Gasteiger partial charge in [0.25, 0.3) is 0 Å². The Morgan fingerprint density at radius 2 is 1.85 bits per heavy atom. The van der Waals surface area contributed by atoms with Gasteiger partial charge in [-0.3, -0.25) is 4.79 Å². The van der Waals surface area contributed by atoms with Gasteiger partial charge in [-0.1, -0.05) is 12.1 Å². The molecule has 0 saturated heterocycles. The SMILES string of the molecule is CCOCCCN(CC(=O)N(CCc1ccc(OC)c(OC)c1)Cc1cccs1)S(C)(=O)=O. The molecule has 2 rings (SSSR count). The summed E-state index contributed by atoms with van der Waals surface area (Å²) < 4.78 is 41.7. The lowest BCUT2D eigenvalue weighted by Gasteiger charge is -2.26. The van der Waals surface area contributed by atoms with E-state index in [1.165, 1.54) is 4.31 Å². The quantitative estimate of drug-likeness (QED) is 0.351. The molecule has 0 aliphatic carbocycles. The Hall–Kier alpha value is -2.14. The van der Waals surface area contributed by atoms with Gasteiger partial charge in [0.1, 0.15) is 0 Å². The predicted octanol–water partition coefficient (Wildman–Crippen LogP) is 3.02. The molecule has 0 saturated carbocycles. The summed E-state index contributed by atoms with van der Waals surface area (Å²) in [7, 11) is -0.357. The molecule has 184 valence electrons. The van der Waals surface area contributed by atoms with Crippen molar-refractivity contribution in [2.75, 3.05) is 53.3 Å². The fraction of sp³-hybridized carbons (Fsp3) is 0.522. The van der Waals surface area contributed by atoms with Crippen LogP contribution in [0.5, 0.6) is 11.5 Å². The number of carbonyl (C=O) groups is 1. The second kappa shape index (κ2) is 13.5. The maximum atomic E-state index is 13.2. The minimum atomic E-state index is -3.52. The summed E-state index contributed by atoms with van der Waals surface area (Å²) in [4.78, 5) is 16.0. The van der Waals surface area contributed by atoms with E-state index in [0.717, 1.165) is 16.7 Å². The molecule has 0 fully saturated rings. The van der Waals surface area contributed by atoms with Gasteiger partial charge in [0.15, 0.2) is 11.5 Å². The molecule has 0 radical (unpaired) electrons. The summed E-state index contributed by atoms with van der Waals surface area (Å²) in [6.45, 7) is 3.84. The van der Waals surface area contributed by atoms with Gasteiger partial charge in [-0.15, -0.1) is 11.3 Å². The number of thiophene rings is 1. The van der Waals surface area contributed by atoms with E-state index >= 15 is 0 Å². The van der Waals surface area contributed by atoms with Gasteiger partial charge in [-0.05, 0) is 48.9 Å². The van der Waals surface area contributed by atoms with Crippen molar-refractivity contribution in [1.82, 2.24) is 9.21 Å². The molecule has 0 spiro atoms. The number of methoxy groups -OCH3 is 2. The van der Waals surface area contributed by atoms with Crippen LogP contribution in [0.2, 0.25) is 0 Å². The van der Waals surface area contributed by atoms with Crippen LogP contribution in [0.15, 0.2) is 35.7 Å². The number of sulfonamides is 1. The summed E-state index contributed by atoms with van der Waals surface area (Å²) in [6, 6.07) is 9.57.